The Hall–Kier alpha value is -1.55. The van der Waals surface area contributed by atoms with Crippen LogP contribution in [0.25, 0.3) is 0 Å². The fourth-order valence-electron chi connectivity index (χ4n) is 2.47. The van der Waals surface area contributed by atoms with Crippen LogP contribution in [0.2, 0.25) is 0 Å². The van der Waals surface area contributed by atoms with Crippen LogP contribution >= 0.6 is 0 Å². The van der Waals surface area contributed by atoms with Crippen molar-refractivity contribution in [3.63, 3.8) is 0 Å². The number of benzene rings is 1. The van der Waals surface area contributed by atoms with Gasteiger partial charge in [-0.3, -0.25) is 4.99 Å². The summed E-state index contributed by atoms with van der Waals surface area (Å²) in [5, 5.41) is 0. The highest BCUT2D eigenvalue weighted by molar-refractivity contribution is 5.97. The van der Waals surface area contributed by atoms with Crippen molar-refractivity contribution in [2.45, 2.75) is 38.8 Å². The Balaban J connectivity index is 2.23. The third kappa shape index (κ3) is 3.07. The van der Waals surface area contributed by atoms with Crippen LogP contribution < -0.4 is 10.6 Å². The van der Waals surface area contributed by atoms with Crippen molar-refractivity contribution in [1.82, 2.24) is 0 Å². The minimum absolute atomic E-state index is 0.174. The smallest absolute Gasteiger partial charge is 0.196 e. The first-order chi connectivity index (χ1) is 8.93. The molecule has 1 unspecified atom stereocenters. The lowest BCUT2D eigenvalue weighted by Crippen LogP contribution is -2.44. The Kier molecular flexibility index (Phi) is 3.80. The zero-order valence-electron chi connectivity index (χ0n) is 12.2. The molecular formula is C15H23N3O. The molecule has 104 valence electrons. The van der Waals surface area contributed by atoms with Gasteiger partial charge in [0, 0.05) is 12.8 Å². The van der Waals surface area contributed by atoms with E-state index < -0.39 is 0 Å². The van der Waals surface area contributed by atoms with Gasteiger partial charge in [-0.25, -0.2) is 0 Å². The third-order valence-corrected chi connectivity index (χ3v) is 3.64. The normalized spacial score (nSPS) is 19.7. The van der Waals surface area contributed by atoms with Gasteiger partial charge in [0.2, 0.25) is 0 Å². The van der Waals surface area contributed by atoms with E-state index in [-0.39, 0.29) is 11.6 Å². The Morgan fingerprint density at radius 3 is 2.84 bits per heavy atom. The zero-order chi connectivity index (χ0) is 14.0. The number of anilines is 1. The van der Waals surface area contributed by atoms with Gasteiger partial charge in [-0.15, -0.1) is 0 Å². The van der Waals surface area contributed by atoms with E-state index in [2.05, 4.69) is 54.9 Å². The standard InChI is InChI=1S/C15H23N3O/c1-11-6-5-7-12(8-11)18-13(10-17-14(18)16)9-15(2,3)19-4/h5-8,13H,9-10H2,1-4H3,(H2,16,17). The van der Waals surface area contributed by atoms with Crippen molar-refractivity contribution in [2.24, 2.45) is 10.7 Å². The Morgan fingerprint density at radius 2 is 2.21 bits per heavy atom. The molecule has 19 heavy (non-hydrogen) atoms. The topological polar surface area (TPSA) is 50.9 Å². The molecule has 0 bridgehead atoms. The van der Waals surface area contributed by atoms with Gasteiger partial charge in [0.15, 0.2) is 5.96 Å². The van der Waals surface area contributed by atoms with E-state index in [0.29, 0.717) is 5.96 Å². The molecule has 1 atom stereocenters. The van der Waals surface area contributed by atoms with Gasteiger partial charge < -0.3 is 15.4 Å². The van der Waals surface area contributed by atoms with Crippen LogP contribution in [0.15, 0.2) is 29.3 Å². The number of hydrogen-bond acceptors (Lipinski definition) is 4. The van der Waals surface area contributed by atoms with E-state index in [1.165, 1.54) is 5.56 Å². The van der Waals surface area contributed by atoms with Crippen molar-refractivity contribution in [2.75, 3.05) is 18.6 Å². The van der Waals surface area contributed by atoms with E-state index in [4.69, 9.17) is 10.5 Å². The fourth-order valence-corrected chi connectivity index (χ4v) is 2.47. The highest BCUT2D eigenvalue weighted by Crippen LogP contribution is 2.27. The summed E-state index contributed by atoms with van der Waals surface area (Å²) >= 11 is 0. The summed E-state index contributed by atoms with van der Waals surface area (Å²) < 4.78 is 5.52. The quantitative estimate of drug-likeness (QED) is 0.905. The lowest BCUT2D eigenvalue weighted by Gasteiger charge is -2.32. The van der Waals surface area contributed by atoms with Crippen LogP contribution in [-0.4, -0.2) is 31.3 Å². The largest absolute Gasteiger partial charge is 0.379 e. The summed E-state index contributed by atoms with van der Waals surface area (Å²) in [4.78, 5) is 6.51. The average Bonchev–Trinajstić information content (AvgIpc) is 2.70. The molecule has 1 aliphatic heterocycles. The van der Waals surface area contributed by atoms with Crippen molar-refractivity contribution in [3.05, 3.63) is 29.8 Å². The summed E-state index contributed by atoms with van der Waals surface area (Å²) in [7, 11) is 1.75. The maximum absolute atomic E-state index is 6.05. The summed E-state index contributed by atoms with van der Waals surface area (Å²) in [6.45, 7) is 7.00. The molecule has 1 aliphatic rings. The minimum Gasteiger partial charge on any atom is -0.379 e. The second-order valence-electron chi connectivity index (χ2n) is 5.73. The predicted molar refractivity (Wildman–Crippen MR) is 79.6 cm³/mol. The Bertz CT molecular complexity index is 482. The zero-order valence-corrected chi connectivity index (χ0v) is 12.2. The number of methoxy groups -OCH3 is 1. The van der Waals surface area contributed by atoms with Crippen molar-refractivity contribution < 1.29 is 4.74 Å². The molecule has 0 radical (unpaired) electrons. The molecule has 0 amide bonds. The van der Waals surface area contributed by atoms with Crippen molar-refractivity contribution in [3.8, 4) is 0 Å². The number of aryl methyl sites for hydroxylation is 1. The Labute approximate surface area is 115 Å². The number of aliphatic imine (C=N–C) groups is 1. The van der Waals surface area contributed by atoms with Gasteiger partial charge in [-0.1, -0.05) is 12.1 Å². The van der Waals surface area contributed by atoms with E-state index in [0.717, 1.165) is 18.7 Å². The van der Waals surface area contributed by atoms with Crippen LogP contribution in [0.1, 0.15) is 25.8 Å². The molecule has 0 saturated carbocycles. The van der Waals surface area contributed by atoms with Crippen molar-refractivity contribution in [1.29, 1.82) is 0 Å². The van der Waals surface area contributed by atoms with Crippen LogP contribution in [0.4, 0.5) is 5.69 Å². The molecule has 4 nitrogen and oxygen atoms in total. The molecule has 0 saturated heterocycles. The third-order valence-electron chi connectivity index (χ3n) is 3.64. The van der Waals surface area contributed by atoms with Gasteiger partial charge >= 0.3 is 0 Å². The molecule has 1 aromatic rings. The first-order valence-corrected chi connectivity index (χ1v) is 6.64. The molecule has 1 heterocycles. The van der Waals surface area contributed by atoms with Gasteiger partial charge in [-0.05, 0) is 44.9 Å². The number of hydrogen-bond donors (Lipinski definition) is 1. The monoisotopic (exact) mass is 261 g/mol. The number of nitrogens with two attached hydrogens (primary N) is 1. The molecule has 2 N–H and O–H groups in total. The maximum atomic E-state index is 6.05. The summed E-state index contributed by atoms with van der Waals surface area (Å²) in [6.07, 6.45) is 0.891. The van der Waals surface area contributed by atoms with Crippen molar-refractivity contribution >= 4 is 11.6 Å². The minimum atomic E-state index is -0.174. The molecular weight excluding hydrogens is 238 g/mol. The predicted octanol–water partition coefficient (Wildman–Crippen LogP) is 2.31. The summed E-state index contributed by atoms with van der Waals surface area (Å²) in [5.74, 6) is 0.600. The van der Waals surface area contributed by atoms with Gasteiger partial charge in [0.1, 0.15) is 0 Å². The molecule has 0 spiro atoms. The number of rotatable bonds is 4. The second-order valence-corrected chi connectivity index (χ2v) is 5.73. The first-order valence-electron chi connectivity index (χ1n) is 6.64. The van der Waals surface area contributed by atoms with E-state index in [1.54, 1.807) is 7.11 Å². The van der Waals surface area contributed by atoms with Crippen LogP contribution in [0.3, 0.4) is 0 Å². The molecule has 1 aromatic carbocycles. The van der Waals surface area contributed by atoms with Gasteiger partial charge in [0.25, 0.3) is 0 Å². The lowest BCUT2D eigenvalue weighted by atomic mass is 9.98. The molecule has 4 heteroatoms. The second kappa shape index (κ2) is 5.21. The number of ether oxygens (including phenoxy) is 1. The van der Waals surface area contributed by atoms with Crippen LogP contribution in [-0.2, 0) is 4.74 Å². The van der Waals surface area contributed by atoms with Crippen LogP contribution in [0, 0.1) is 6.92 Å². The lowest BCUT2D eigenvalue weighted by molar-refractivity contribution is 0.0115. The highest BCUT2D eigenvalue weighted by atomic mass is 16.5. The molecule has 2 rings (SSSR count). The summed E-state index contributed by atoms with van der Waals surface area (Å²) in [5.41, 5.74) is 8.20. The number of nitrogens with zero attached hydrogens (tertiary/aromatic N) is 2. The number of guanidine groups is 1. The highest BCUT2D eigenvalue weighted by Gasteiger charge is 2.32. The molecule has 0 aromatic heterocycles. The van der Waals surface area contributed by atoms with Crippen LogP contribution in [0.5, 0.6) is 0 Å². The average molecular weight is 261 g/mol. The van der Waals surface area contributed by atoms with Gasteiger partial charge in [-0.2, -0.15) is 0 Å². The first kappa shape index (κ1) is 13.9. The fraction of sp³-hybridized carbons (Fsp3) is 0.533. The SMILES string of the molecule is COC(C)(C)CC1CN=C(N)N1c1cccc(C)c1. The molecule has 0 aliphatic carbocycles. The summed E-state index contributed by atoms with van der Waals surface area (Å²) in [6, 6.07) is 8.61. The maximum Gasteiger partial charge on any atom is 0.196 e. The van der Waals surface area contributed by atoms with E-state index in [1.807, 2.05) is 0 Å². The van der Waals surface area contributed by atoms with E-state index in [9.17, 15) is 0 Å². The van der Waals surface area contributed by atoms with Gasteiger partial charge in [0.05, 0.1) is 18.2 Å². The van der Waals surface area contributed by atoms with E-state index >= 15 is 0 Å². The Morgan fingerprint density at radius 1 is 1.47 bits per heavy atom. The molecule has 0 fully saturated rings.